The molecule has 1 saturated carbocycles. The van der Waals surface area contributed by atoms with Gasteiger partial charge in [-0.15, -0.1) is 0 Å². The molecule has 8 nitrogen and oxygen atoms in total. The minimum absolute atomic E-state index is 0.0609. The fourth-order valence-electron chi connectivity index (χ4n) is 5.86. The van der Waals surface area contributed by atoms with E-state index in [1.165, 1.54) is 5.56 Å². The number of anilines is 1. The van der Waals surface area contributed by atoms with Gasteiger partial charge in [0.25, 0.3) is 0 Å². The first-order valence-corrected chi connectivity index (χ1v) is 14.9. The van der Waals surface area contributed by atoms with E-state index in [9.17, 15) is 18.3 Å². The number of nitrogens with zero attached hydrogens (tertiary/aromatic N) is 6. The SMILES string of the molecule is C[C@@H](CCCCC(F)(F)F)Nc1ncc2c(-c3ccc(CN4CCN(C)CC4)cc3)nn([C@H]3CC[C@H](O)CC3)c2n1. The normalized spacial score (nSPS) is 21.8. The van der Waals surface area contributed by atoms with Gasteiger partial charge in [-0.3, -0.25) is 4.90 Å². The molecule has 5 rings (SSSR count). The molecule has 11 heteroatoms. The van der Waals surface area contributed by atoms with Crippen LogP contribution in [0.15, 0.2) is 30.5 Å². The highest BCUT2D eigenvalue weighted by Gasteiger charge is 2.27. The number of alkyl halides is 3. The molecule has 2 aliphatic rings. The Hall–Kier alpha value is -2.76. The maximum atomic E-state index is 12.5. The van der Waals surface area contributed by atoms with Crippen LogP contribution in [-0.4, -0.2) is 86.2 Å². The lowest BCUT2D eigenvalue weighted by Gasteiger charge is -2.32. The summed E-state index contributed by atoms with van der Waals surface area (Å²) in [6.45, 7) is 7.20. The lowest BCUT2D eigenvalue weighted by Crippen LogP contribution is -2.43. The monoisotopic (exact) mass is 573 g/mol. The van der Waals surface area contributed by atoms with Gasteiger partial charge in [0.2, 0.25) is 5.95 Å². The third kappa shape index (κ3) is 7.96. The van der Waals surface area contributed by atoms with Crippen LogP contribution in [-0.2, 0) is 6.54 Å². The summed E-state index contributed by atoms with van der Waals surface area (Å²) in [5.41, 5.74) is 3.86. The number of hydrogen-bond acceptors (Lipinski definition) is 7. The number of aromatic nitrogens is 4. The first-order valence-electron chi connectivity index (χ1n) is 14.9. The Balaban J connectivity index is 1.34. The van der Waals surface area contributed by atoms with E-state index in [2.05, 4.69) is 51.4 Å². The summed E-state index contributed by atoms with van der Waals surface area (Å²) in [5, 5.41) is 19.3. The van der Waals surface area contributed by atoms with Crippen molar-refractivity contribution in [2.24, 2.45) is 0 Å². The largest absolute Gasteiger partial charge is 0.393 e. The van der Waals surface area contributed by atoms with Gasteiger partial charge in [0.1, 0.15) is 5.69 Å². The van der Waals surface area contributed by atoms with E-state index in [1.807, 2.05) is 11.6 Å². The second-order valence-electron chi connectivity index (χ2n) is 11.9. The second kappa shape index (κ2) is 13.0. The van der Waals surface area contributed by atoms with Gasteiger partial charge in [-0.25, -0.2) is 9.67 Å². The summed E-state index contributed by atoms with van der Waals surface area (Å²) in [7, 11) is 2.16. The number of halogens is 3. The molecule has 0 bridgehead atoms. The van der Waals surface area contributed by atoms with Crippen molar-refractivity contribution in [1.82, 2.24) is 29.5 Å². The lowest BCUT2D eigenvalue weighted by molar-refractivity contribution is -0.135. The van der Waals surface area contributed by atoms with Crippen LogP contribution < -0.4 is 5.32 Å². The molecule has 2 fully saturated rings. The summed E-state index contributed by atoms with van der Waals surface area (Å²) in [6.07, 6.45) is 0.969. The number of aliphatic hydroxyl groups is 1. The van der Waals surface area contributed by atoms with E-state index in [0.717, 1.165) is 80.7 Å². The van der Waals surface area contributed by atoms with Crippen molar-refractivity contribution in [2.45, 2.75) is 89.2 Å². The van der Waals surface area contributed by atoms with Crippen molar-refractivity contribution in [3.63, 3.8) is 0 Å². The Morgan fingerprint density at radius 2 is 1.73 bits per heavy atom. The third-order valence-electron chi connectivity index (χ3n) is 8.41. The molecule has 1 atom stereocenters. The summed E-state index contributed by atoms with van der Waals surface area (Å²) < 4.78 is 39.4. The highest BCUT2D eigenvalue weighted by molar-refractivity contribution is 5.91. The van der Waals surface area contributed by atoms with Gasteiger partial charge in [-0.2, -0.15) is 23.3 Å². The Morgan fingerprint density at radius 1 is 1.02 bits per heavy atom. The summed E-state index contributed by atoms with van der Waals surface area (Å²) in [4.78, 5) is 14.3. The second-order valence-corrected chi connectivity index (χ2v) is 11.9. The molecular formula is C30H42F3N7O. The fourth-order valence-corrected chi connectivity index (χ4v) is 5.86. The smallest absolute Gasteiger partial charge is 0.389 e. The number of fused-ring (bicyclic) bond motifs is 1. The molecule has 1 aromatic carbocycles. The van der Waals surface area contributed by atoms with Crippen LogP contribution in [0.5, 0.6) is 0 Å². The topological polar surface area (TPSA) is 82.3 Å². The van der Waals surface area contributed by atoms with Crippen LogP contribution >= 0.6 is 0 Å². The van der Waals surface area contributed by atoms with Crippen LogP contribution in [0.2, 0.25) is 0 Å². The zero-order valence-corrected chi connectivity index (χ0v) is 24.1. The summed E-state index contributed by atoms with van der Waals surface area (Å²) >= 11 is 0. The maximum Gasteiger partial charge on any atom is 0.389 e. The zero-order valence-electron chi connectivity index (χ0n) is 24.1. The minimum Gasteiger partial charge on any atom is -0.393 e. The molecule has 1 aliphatic heterocycles. The number of rotatable bonds is 10. The van der Waals surface area contributed by atoms with Gasteiger partial charge in [-0.1, -0.05) is 30.7 Å². The van der Waals surface area contributed by atoms with Crippen LogP contribution in [0, 0.1) is 0 Å². The third-order valence-corrected chi connectivity index (χ3v) is 8.41. The number of nitrogens with one attached hydrogen (secondary N) is 1. The highest BCUT2D eigenvalue weighted by Crippen LogP contribution is 2.35. The van der Waals surface area contributed by atoms with Gasteiger partial charge >= 0.3 is 6.18 Å². The minimum atomic E-state index is -4.11. The van der Waals surface area contributed by atoms with Crippen molar-refractivity contribution in [3.8, 4) is 11.3 Å². The van der Waals surface area contributed by atoms with E-state index >= 15 is 0 Å². The first-order chi connectivity index (χ1) is 19.6. The predicted octanol–water partition coefficient (Wildman–Crippen LogP) is 5.64. The van der Waals surface area contributed by atoms with E-state index < -0.39 is 12.6 Å². The fraction of sp³-hybridized carbons (Fsp3) is 0.633. The average Bonchev–Trinajstić information content (AvgIpc) is 3.31. The van der Waals surface area contributed by atoms with Gasteiger partial charge < -0.3 is 15.3 Å². The van der Waals surface area contributed by atoms with Gasteiger partial charge in [0.15, 0.2) is 5.65 Å². The number of likely N-dealkylation sites (N-methyl/N-ethyl adjacent to an activating group) is 1. The van der Waals surface area contributed by atoms with Crippen LogP contribution in [0.25, 0.3) is 22.3 Å². The van der Waals surface area contributed by atoms with Crippen LogP contribution in [0.4, 0.5) is 19.1 Å². The number of aliphatic hydroxyl groups excluding tert-OH is 1. The molecule has 224 valence electrons. The van der Waals surface area contributed by atoms with Crippen LogP contribution in [0.3, 0.4) is 0 Å². The number of benzene rings is 1. The molecule has 0 radical (unpaired) electrons. The molecule has 3 aromatic rings. The Kier molecular flexibility index (Phi) is 9.45. The van der Waals surface area contributed by atoms with E-state index in [0.29, 0.717) is 18.8 Å². The van der Waals surface area contributed by atoms with Gasteiger partial charge in [0.05, 0.1) is 17.5 Å². The molecular weight excluding hydrogens is 531 g/mol. The van der Waals surface area contributed by atoms with Crippen molar-refractivity contribution in [1.29, 1.82) is 0 Å². The Labute approximate surface area is 239 Å². The van der Waals surface area contributed by atoms with Crippen molar-refractivity contribution in [2.75, 3.05) is 38.5 Å². The first kappa shape index (κ1) is 29.7. The average molecular weight is 574 g/mol. The number of unbranched alkanes of at least 4 members (excludes halogenated alkanes) is 1. The molecule has 0 unspecified atom stereocenters. The Bertz CT molecular complexity index is 1260. The molecule has 0 amide bonds. The lowest BCUT2D eigenvalue weighted by atomic mass is 9.93. The van der Waals surface area contributed by atoms with Crippen molar-refractivity contribution in [3.05, 3.63) is 36.0 Å². The molecule has 2 aromatic heterocycles. The van der Waals surface area contributed by atoms with Gasteiger partial charge in [-0.05, 0) is 58.1 Å². The molecule has 41 heavy (non-hydrogen) atoms. The number of hydrogen-bond donors (Lipinski definition) is 2. The summed E-state index contributed by atoms with van der Waals surface area (Å²) in [5.74, 6) is 0.451. The zero-order chi connectivity index (χ0) is 29.0. The standard InChI is InChI=1S/C30H42F3N7O/c1-21(5-3-4-14-30(31,32)33)35-29-34-19-26-27(37-40(28(26)36-29)24-10-12-25(41)13-11-24)23-8-6-22(7-9-23)20-39-17-15-38(2)16-18-39/h6-9,19,21,24-25,41H,3-5,10-18,20H2,1-2H3,(H,34,35,36)/t21-,24-,25-/m0/s1. The summed E-state index contributed by atoms with van der Waals surface area (Å²) in [6, 6.07) is 8.66. The predicted molar refractivity (Wildman–Crippen MR) is 155 cm³/mol. The Morgan fingerprint density at radius 3 is 2.41 bits per heavy atom. The highest BCUT2D eigenvalue weighted by atomic mass is 19.4. The van der Waals surface area contributed by atoms with E-state index in [4.69, 9.17) is 10.1 Å². The molecule has 2 N–H and O–H groups in total. The molecule has 3 heterocycles. The van der Waals surface area contributed by atoms with Crippen LogP contribution in [0.1, 0.15) is 69.9 Å². The molecule has 1 saturated heterocycles. The van der Waals surface area contributed by atoms with E-state index in [-0.39, 0.29) is 24.6 Å². The molecule has 1 aliphatic carbocycles. The number of piperazine rings is 1. The molecule has 0 spiro atoms. The maximum absolute atomic E-state index is 12.5. The van der Waals surface area contributed by atoms with Crippen molar-refractivity contribution >= 4 is 17.0 Å². The van der Waals surface area contributed by atoms with Crippen molar-refractivity contribution < 1.29 is 18.3 Å². The van der Waals surface area contributed by atoms with E-state index in [1.54, 1.807) is 6.20 Å². The quantitative estimate of drug-likeness (QED) is 0.304. The van der Waals surface area contributed by atoms with Gasteiger partial charge in [0, 0.05) is 56.9 Å².